The Bertz CT molecular complexity index is 1120. The van der Waals surface area contributed by atoms with Crippen molar-refractivity contribution < 1.29 is 13.2 Å². The molecule has 0 fully saturated rings. The Kier molecular flexibility index (Phi) is 6.30. The quantitative estimate of drug-likeness (QED) is 0.582. The Balaban J connectivity index is 1.67. The molecule has 29 heavy (non-hydrogen) atoms. The molecule has 3 N–H and O–H groups in total. The average molecular weight is 414 g/mol. The third-order valence-electron chi connectivity index (χ3n) is 4.22. The molecule has 2 aromatic carbocycles. The van der Waals surface area contributed by atoms with Gasteiger partial charge in [-0.1, -0.05) is 12.1 Å². The van der Waals surface area contributed by atoms with Gasteiger partial charge in [0.1, 0.15) is 5.75 Å². The molecule has 0 bridgehead atoms. The highest BCUT2D eigenvalue weighted by Crippen LogP contribution is 2.14. The van der Waals surface area contributed by atoms with Crippen LogP contribution in [0.4, 0.5) is 5.82 Å². The minimum absolute atomic E-state index is 0.0668. The van der Waals surface area contributed by atoms with Crippen molar-refractivity contribution in [2.45, 2.75) is 18.2 Å². The molecule has 0 unspecified atom stereocenters. The lowest BCUT2D eigenvalue weighted by Gasteiger charge is -2.10. The monoisotopic (exact) mass is 414 g/mol. The summed E-state index contributed by atoms with van der Waals surface area (Å²) < 4.78 is 29.5. The molecule has 0 saturated carbocycles. The van der Waals surface area contributed by atoms with Crippen LogP contribution in [0.5, 0.6) is 5.75 Å². The minimum Gasteiger partial charge on any atom is -0.494 e. The zero-order valence-electron chi connectivity index (χ0n) is 15.9. The largest absolute Gasteiger partial charge is 0.494 e. The van der Waals surface area contributed by atoms with Crippen molar-refractivity contribution in [2.24, 2.45) is 5.14 Å². The summed E-state index contributed by atoms with van der Waals surface area (Å²) in [6.07, 6.45) is 3.75. The van der Waals surface area contributed by atoms with Crippen LogP contribution in [0.25, 0.3) is 5.69 Å². The van der Waals surface area contributed by atoms with E-state index in [0.29, 0.717) is 25.3 Å². The van der Waals surface area contributed by atoms with Gasteiger partial charge in [0, 0.05) is 24.6 Å². The first kappa shape index (κ1) is 20.6. The van der Waals surface area contributed by atoms with Crippen LogP contribution in [0, 0.1) is 0 Å². The fourth-order valence-electron chi connectivity index (χ4n) is 2.78. The van der Waals surface area contributed by atoms with E-state index in [1.807, 2.05) is 31.2 Å². The van der Waals surface area contributed by atoms with E-state index in [1.54, 1.807) is 24.5 Å². The van der Waals surface area contributed by atoms with E-state index < -0.39 is 10.0 Å². The predicted octanol–water partition coefficient (Wildman–Crippen LogP) is 1.93. The zero-order chi connectivity index (χ0) is 20.9. The van der Waals surface area contributed by atoms with Crippen LogP contribution in [-0.2, 0) is 16.4 Å². The Morgan fingerprint density at radius 2 is 1.79 bits per heavy atom. The van der Waals surface area contributed by atoms with Gasteiger partial charge in [-0.05, 0) is 55.3 Å². The van der Waals surface area contributed by atoms with E-state index >= 15 is 0 Å². The van der Waals surface area contributed by atoms with Gasteiger partial charge < -0.3 is 10.1 Å². The van der Waals surface area contributed by atoms with Gasteiger partial charge >= 0.3 is 0 Å². The van der Waals surface area contributed by atoms with Crippen LogP contribution in [-0.4, -0.2) is 31.1 Å². The molecular weight excluding hydrogens is 392 g/mol. The Morgan fingerprint density at radius 3 is 2.41 bits per heavy atom. The van der Waals surface area contributed by atoms with Gasteiger partial charge in [0.15, 0.2) is 5.82 Å². The molecule has 0 amide bonds. The van der Waals surface area contributed by atoms with Gasteiger partial charge in [-0.25, -0.2) is 18.5 Å². The van der Waals surface area contributed by atoms with Crippen molar-refractivity contribution in [2.75, 3.05) is 18.5 Å². The summed E-state index contributed by atoms with van der Waals surface area (Å²) in [5.41, 5.74) is 1.36. The van der Waals surface area contributed by atoms with Crippen LogP contribution in [0.2, 0.25) is 0 Å². The highest BCUT2D eigenvalue weighted by Gasteiger charge is 2.08. The molecule has 1 aromatic heterocycles. The van der Waals surface area contributed by atoms with Gasteiger partial charge in [-0.15, -0.1) is 0 Å². The number of aromatic nitrogens is 2. The second kappa shape index (κ2) is 8.89. The van der Waals surface area contributed by atoms with Crippen molar-refractivity contribution in [1.29, 1.82) is 0 Å². The number of rotatable bonds is 8. The number of nitrogens with two attached hydrogens (primary N) is 1. The highest BCUT2D eigenvalue weighted by atomic mass is 32.2. The molecule has 3 rings (SSSR count). The predicted molar refractivity (Wildman–Crippen MR) is 111 cm³/mol. The lowest BCUT2D eigenvalue weighted by atomic mass is 10.1. The summed E-state index contributed by atoms with van der Waals surface area (Å²) in [6, 6.07) is 13.5. The van der Waals surface area contributed by atoms with Crippen LogP contribution < -0.4 is 20.8 Å². The summed E-state index contributed by atoms with van der Waals surface area (Å²) in [7, 11) is -3.70. The Hall–Kier alpha value is -3.17. The van der Waals surface area contributed by atoms with E-state index in [4.69, 9.17) is 9.88 Å². The van der Waals surface area contributed by atoms with Gasteiger partial charge in [-0.3, -0.25) is 9.36 Å². The van der Waals surface area contributed by atoms with E-state index in [1.165, 1.54) is 16.7 Å². The number of ether oxygens (including phenoxy) is 1. The number of hydrogen-bond acceptors (Lipinski definition) is 6. The van der Waals surface area contributed by atoms with Crippen molar-refractivity contribution in [3.63, 3.8) is 0 Å². The standard InChI is InChI=1S/C20H22N4O4S/c1-2-28-17-7-5-16(6-8-17)24-14-13-23-19(20(24)25)22-12-11-15-3-9-18(10-4-15)29(21,26)27/h3-10,13-14H,2,11-12H2,1H3,(H,22,23)(H2,21,26,27). The van der Waals surface area contributed by atoms with E-state index in [9.17, 15) is 13.2 Å². The number of anilines is 1. The molecule has 8 nitrogen and oxygen atoms in total. The number of nitrogens with one attached hydrogen (secondary N) is 1. The summed E-state index contributed by atoms with van der Waals surface area (Å²) in [5, 5.41) is 8.13. The maximum Gasteiger partial charge on any atom is 0.297 e. The second-order valence-corrected chi connectivity index (χ2v) is 7.81. The average Bonchev–Trinajstić information content (AvgIpc) is 2.70. The van der Waals surface area contributed by atoms with Crippen molar-refractivity contribution in [3.8, 4) is 11.4 Å². The second-order valence-electron chi connectivity index (χ2n) is 6.24. The Morgan fingerprint density at radius 1 is 1.10 bits per heavy atom. The first-order chi connectivity index (χ1) is 13.9. The fourth-order valence-corrected chi connectivity index (χ4v) is 3.29. The SMILES string of the molecule is CCOc1ccc(-n2ccnc(NCCc3ccc(S(N)(=O)=O)cc3)c2=O)cc1. The molecule has 0 aliphatic heterocycles. The fraction of sp³-hybridized carbons (Fsp3) is 0.200. The molecule has 0 aliphatic rings. The van der Waals surface area contributed by atoms with E-state index in [-0.39, 0.29) is 16.3 Å². The first-order valence-corrected chi connectivity index (χ1v) is 10.6. The molecule has 9 heteroatoms. The molecule has 0 atom stereocenters. The zero-order valence-corrected chi connectivity index (χ0v) is 16.7. The number of primary sulfonamides is 1. The molecule has 3 aromatic rings. The van der Waals surface area contributed by atoms with E-state index in [2.05, 4.69) is 10.3 Å². The number of nitrogens with zero attached hydrogens (tertiary/aromatic N) is 2. The lowest BCUT2D eigenvalue weighted by Crippen LogP contribution is -2.24. The van der Waals surface area contributed by atoms with Crippen molar-refractivity contribution >= 4 is 15.8 Å². The van der Waals surface area contributed by atoms with Crippen LogP contribution in [0.1, 0.15) is 12.5 Å². The number of benzene rings is 2. The molecule has 152 valence electrons. The van der Waals surface area contributed by atoms with Crippen LogP contribution >= 0.6 is 0 Å². The molecule has 0 saturated heterocycles. The molecular formula is C20H22N4O4S. The van der Waals surface area contributed by atoms with E-state index in [0.717, 1.165) is 11.3 Å². The molecule has 0 aliphatic carbocycles. The topological polar surface area (TPSA) is 116 Å². The highest BCUT2D eigenvalue weighted by molar-refractivity contribution is 7.89. The summed E-state index contributed by atoms with van der Waals surface area (Å²) in [6.45, 7) is 2.95. The lowest BCUT2D eigenvalue weighted by molar-refractivity contribution is 0.340. The third-order valence-corrected chi connectivity index (χ3v) is 5.15. The first-order valence-electron chi connectivity index (χ1n) is 9.05. The minimum atomic E-state index is -3.70. The summed E-state index contributed by atoms with van der Waals surface area (Å²) in [4.78, 5) is 16.9. The van der Waals surface area contributed by atoms with Crippen LogP contribution in [0.15, 0.2) is 70.6 Å². The normalized spacial score (nSPS) is 11.2. The third kappa shape index (κ3) is 5.21. The number of hydrogen-bond donors (Lipinski definition) is 2. The summed E-state index contributed by atoms with van der Waals surface area (Å²) in [5.74, 6) is 0.979. The maximum atomic E-state index is 12.7. The van der Waals surface area contributed by atoms with Gasteiger partial charge in [0.2, 0.25) is 10.0 Å². The molecule has 1 heterocycles. The molecule has 0 radical (unpaired) electrons. The molecule has 0 spiro atoms. The van der Waals surface area contributed by atoms with Gasteiger partial charge in [0.25, 0.3) is 5.56 Å². The smallest absolute Gasteiger partial charge is 0.297 e. The van der Waals surface area contributed by atoms with Gasteiger partial charge in [0.05, 0.1) is 11.5 Å². The maximum absolute atomic E-state index is 12.7. The Labute approximate surface area is 169 Å². The summed E-state index contributed by atoms with van der Waals surface area (Å²) >= 11 is 0. The van der Waals surface area contributed by atoms with Crippen molar-refractivity contribution in [1.82, 2.24) is 9.55 Å². The van der Waals surface area contributed by atoms with Crippen LogP contribution in [0.3, 0.4) is 0 Å². The van der Waals surface area contributed by atoms with Gasteiger partial charge in [-0.2, -0.15) is 0 Å². The van der Waals surface area contributed by atoms with Crippen molar-refractivity contribution in [3.05, 3.63) is 76.8 Å². The number of sulfonamides is 1.